The smallest absolute Gasteiger partial charge is 0.360 e. The molecule has 0 radical (unpaired) electrons. The monoisotopic (exact) mass is 468 g/mol. The first-order valence-electron chi connectivity index (χ1n) is 9.40. The van der Waals surface area contributed by atoms with Crippen molar-refractivity contribution in [2.75, 3.05) is 7.11 Å². The van der Waals surface area contributed by atoms with E-state index in [2.05, 4.69) is 10.1 Å². The van der Waals surface area contributed by atoms with Gasteiger partial charge in [0.15, 0.2) is 0 Å². The first-order valence-corrected chi connectivity index (χ1v) is 10.6. The molecule has 0 amide bonds. The zero-order chi connectivity index (χ0) is 23.2. The molecule has 0 unspecified atom stereocenters. The number of carbonyl (C=O) groups is 2. The highest BCUT2D eigenvalue weighted by Gasteiger charge is 2.30. The lowest BCUT2D eigenvalue weighted by molar-refractivity contribution is -0.161. The zero-order valence-electron chi connectivity index (χ0n) is 18.0. The third kappa shape index (κ3) is 7.52. The molecule has 10 heteroatoms. The van der Waals surface area contributed by atoms with Crippen LogP contribution in [0.1, 0.15) is 43.5 Å². The highest BCUT2D eigenvalue weighted by atomic mass is 35.5. The van der Waals surface area contributed by atoms with Gasteiger partial charge in [-0.25, -0.2) is 14.6 Å². The van der Waals surface area contributed by atoms with E-state index in [1.165, 1.54) is 0 Å². The quantitative estimate of drug-likeness (QED) is 0.328. The second-order valence-electron chi connectivity index (χ2n) is 7.91. The van der Waals surface area contributed by atoms with Crippen molar-refractivity contribution in [3.63, 3.8) is 0 Å². The summed E-state index contributed by atoms with van der Waals surface area (Å²) in [7, 11) is 1.56. The Morgan fingerprint density at radius 2 is 1.90 bits per heavy atom. The molecule has 0 bridgehead atoms. The zero-order valence-corrected chi connectivity index (χ0v) is 19.5. The van der Waals surface area contributed by atoms with Crippen molar-refractivity contribution >= 4 is 40.6 Å². The highest BCUT2D eigenvalue weighted by molar-refractivity contribution is 7.16. The van der Waals surface area contributed by atoms with Crippen molar-refractivity contribution in [1.29, 1.82) is 0 Å². The number of halogens is 1. The average Bonchev–Trinajstić information content (AvgIpc) is 3.02. The van der Waals surface area contributed by atoms with Gasteiger partial charge in [-0.2, -0.15) is 0 Å². The molecule has 0 fully saturated rings. The maximum atomic E-state index is 12.7. The van der Waals surface area contributed by atoms with E-state index in [0.29, 0.717) is 10.8 Å². The molecule has 1 aromatic carbocycles. The topological polar surface area (TPSA) is 107 Å². The van der Waals surface area contributed by atoms with Gasteiger partial charge >= 0.3 is 11.9 Å². The fourth-order valence-electron chi connectivity index (χ4n) is 2.54. The van der Waals surface area contributed by atoms with Crippen LogP contribution in [0.5, 0.6) is 5.75 Å². The summed E-state index contributed by atoms with van der Waals surface area (Å²) in [6, 6.07) is 7.07. The van der Waals surface area contributed by atoms with E-state index in [-0.39, 0.29) is 28.5 Å². The van der Waals surface area contributed by atoms with Gasteiger partial charge < -0.3 is 19.4 Å². The number of methoxy groups -OCH3 is 1. The third-order valence-corrected chi connectivity index (χ3v) is 5.16. The van der Waals surface area contributed by atoms with E-state index >= 15 is 0 Å². The molecular formula is C21H25ClN2O6S. The van der Waals surface area contributed by atoms with Crippen molar-refractivity contribution in [2.45, 2.75) is 46.8 Å². The first kappa shape index (κ1) is 24.6. The van der Waals surface area contributed by atoms with Gasteiger partial charge in [-0.1, -0.05) is 49.7 Å². The number of esters is 1. The van der Waals surface area contributed by atoms with Crippen LogP contribution in [0.25, 0.3) is 0 Å². The summed E-state index contributed by atoms with van der Waals surface area (Å²) in [4.78, 5) is 33.8. The summed E-state index contributed by atoms with van der Waals surface area (Å²) < 4.78 is 10.7. The van der Waals surface area contributed by atoms with E-state index in [1.54, 1.807) is 38.3 Å². The number of oxime groups is 1. The number of hydrogen-bond acceptors (Lipinski definition) is 8. The molecule has 1 N–H and O–H groups in total. The van der Waals surface area contributed by atoms with Gasteiger partial charge in [0.05, 0.1) is 12.1 Å². The Balaban J connectivity index is 2.17. The number of aliphatic carboxylic acids is 1. The highest BCUT2D eigenvalue weighted by Crippen LogP contribution is 2.26. The fourth-order valence-corrected chi connectivity index (χ4v) is 3.64. The molecule has 1 heterocycles. The van der Waals surface area contributed by atoms with Gasteiger partial charge in [-0.05, 0) is 30.0 Å². The maximum Gasteiger partial charge on any atom is 0.360 e. The first-order chi connectivity index (χ1) is 14.5. The number of carboxylic acid groups (broad SMARTS) is 1. The minimum absolute atomic E-state index is 0.00206. The molecule has 0 spiro atoms. The molecular weight excluding hydrogens is 444 g/mol. The van der Waals surface area contributed by atoms with E-state index in [1.807, 2.05) is 20.8 Å². The van der Waals surface area contributed by atoms with Crippen molar-refractivity contribution in [2.24, 2.45) is 10.6 Å². The van der Waals surface area contributed by atoms with Crippen LogP contribution in [0.15, 0.2) is 29.4 Å². The van der Waals surface area contributed by atoms with Gasteiger partial charge in [0.1, 0.15) is 22.4 Å². The number of aromatic nitrogens is 1. The van der Waals surface area contributed by atoms with Crippen LogP contribution in [0.4, 0.5) is 0 Å². The molecule has 0 aliphatic rings. The van der Waals surface area contributed by atoms with Gasteiger partial charge in [0.25, 0.3) is 0 Å². The average molecular weight is 469 g/mol. The Bertz CT molecular complexity index is 950. The SMILES string of the molecule is COc1ccc(COC(=O)[C@H](CC(C)(C)C)O/N=C(\C(=O)O)c2nc(C)sc2Cl)cc1. The number of nitrogens with zero attached hydrogens (tertiary/aromatic N) is 2. The van der Waals surface area contributed by atoms with Crippen LogP contribution in [0.2, 0.25) is 4.34 Å². The van der Waals surface area contributed by atoms with E-state index < -0.39 is 23.8 Å². The molecule has 168 valence electrons. The standard InChI is InChI=1S/C21H25ClN2O6S/c1-12-23-16(18(22)31-12)17(19(25)26)24-30-15(10-21(2,3)4)20(27)29-11-13-6-8-14(28-5)9-7-13/h6-9,15H,10-11H2,1-5H3,(H,25,26)/b24-17-/t15-/m0/s1. The molecule has 1 atom stereocenters. The van der Waals surface area contributed by atoms with Crippen LogP contribution in [-0.4, -0.2) is 41.0 Å². The number of ether oxygens (including phenoxy) is 2. The molecule has 0 aliphatic carbocycles. The van der Waals surface area contributed by atoms with E-state index in [9.17, 15) is 14.7 Å². The number of thiazole rings is 1. The molecule has 8 nitrogen and oxygen atoms in total. The summed E-state index contributed by atoms with van der Waals surface area (Å²) in [5.74, 6) is -1.33. The normalized spacial score (nSPS) is 12.9. The van der Waals surface area contributed by atoms with Crippen LogP contribution >= 0.6 is 22.9 Å². The Morgan fingerprint density at radius 3 is 2.39 bits per heavy atom. The van der Waals surface area contributed by atoms with Crippen LogP contribution in [0, 0.1) is 12.3 Å². The van der Waals surface area contributed by atoms with Crippen molar-refractivity contribution in [3.8, 4) is 5.75 Å². The van der Waals surface area contributed by atoms with Gasteiger partial charge in [0.2, 0.25) is 11.8 Å². The summed E-state index contributed by atoms with van der Waals surface area (Å²) in [6.07, 6.45) is -0.847. The molecule has 0 saturated heterocycles. The van der Waals surface area contributed by atoms with E-state index in [4.69, 9.17) is 25.9 Å². The second-order valence-corrected chi connectivity index (χ2v) is 9.72. The molecule has 0 aliphatic heterocycles. The largest absolute Gasteiger partial charge is 0.497 e. The fraction of sp³-hybridized carbons (Fsp3) is 0.429. The lowest BCUT2D eigenvalue weighted by Crippen LogP contribution is -2.30. The lowest BCUT2D eigenvalue weighted by atomic mass is 9.89. The summed E-state index contributed by atoms with van der Waals surface area (Å²) in [6.45, 7) is 7.48. The molecule has 2 aromatic rings. The number of aryl methyl sites for hydroxylation is 1. The maximum absolute atomic E-state index is 12.7. The molecule has 31 heavy (non-hydrogen) atoms. The van der Waals surface area contributed by atoms with E-state index in [0.717, 1.165) is 16.9 Å². The number of carboxylic acids is 1. The van der Waals surface area contributed by atoms with Crippen LogP contribution < -0.4 is 4.74 Å². The Kier molecular flexibility index (Phi) is 8.41. The number of benzene rings is 1. The lowest BCUT2D eigenvalue weighted by Gasteiger charge is -2.23. The molecule has 2 rings (SSSR count). The third-order valence-electron chi connectivity index (χ3n) is 3.99. The predicted octanol–water partition coefficient (Wildman–Crippen LogP) is 4.47. The van der Waals surface area contributed by atoms with Gasteiger partial charge in [-0.15, -0.1) is 11.3 Å². The summed E-state index contributed by atoms with van der Waals surface area (Å²) >= 11 is 7.19. The molecule has 0 saturated carbocycles. The minimum atomic E-state index is -1.37. The van der Waals surface area contributed by atoms with Crippen molar-refractivity contribution < 1.29 is 29.0 Å². The van der Waals surface area contributed by atoms with Gasteiger partial charge in [-0.3, -0.25) is 0 Å². The number of rotatable bonds is 9. The Labute approximate surface area is 189 Å². The predicted molar refractivity (Wildman–Crippen MR) is 118 cm³/mol. The summed E-state index contributed by atoms with van der Waals surface area (Å²) in [5.41, 5.74) is -0.0190. The van der Waals surface area contributed by atoms with Crippen LogP contribution in [0.3, 0.4) is 0 Å². The van der Waals surface area contributed by atoms with Gasteiger partial charge in [0, 0.05) is 6.42 Å². The second kappa shape index (κ2) is 10.6. The minimum Gasteiger partial charge on any atom is -0.497 e. The number of carbonyl (C=O) groups excluding carboxylic acids is 1. The van der Waals surface area contributed by atoms with Crippen molar-refractivity contribution in [3.05, 3.63) is 44.9 Å². The Morgan fingerprint density at radius 1 is 1.26 bits per heavy atom. The van der Waals surface area contributed by atoms with Crippen molar-refractivity contribution in [1.82, 2.24) is 4.98 Å². The number of hydrogen-bond donors (Lipinski definition) is 1. The summed E-state index contributed by atoms with van der Waals surface area (Å²) in [5, 5.41) is 13.8. The van der Waals surface area contributed by atoms with Crippen LogP contribution in [-0.2, 0) is 25.8 Å². The molecule has 1 aromatic heterocycles. The Hall–Kier alpha value is -2.65.